The number of aromatic nitrogens is 1. The van der Waals surface area contributed by atoms with Gasteiger partial charge in [-0.15, -0.1) is 0 Å². The van der Waals surface area contributed by atoms with E-state index in [1.165, 1.54) is 12.1 Å². The number of carbonyl (C=O) groups excluding carboxylic acids is 2. The lowest BCUT2D eigenvalue weighted by Crippen LogP contribution is -2.20. The van der Waals surface area contributed by atoms with E-state index < -0.39 is 18.5 Å². The van der Waals surface area contributed by atoms with Crippen LogP contribution in [0.3, 0.4) is 0 Å². The molecule has 1 aromatic heterocycles. The Bertz CT molecular complexity index is 949. The van der Waals surface area contributed by atoms with Crippen LogP contribution >= 0.6 is 0 Å². The topological polar surface area (TPSA) is 81.4 Å². The first kappa shape index (κ1) is 19.3. The Balaban J connectivity index is 1.43. The number of rotatable bonds is 7. The normalized spacial score (nSPS) is 10.5. The minimum absolute atomic E-state index is 0.0960. The maximum absolute atomic E-state index is 12.8. The third-order valence-corrected chi connectivity index (χ3v) is 4.02. The van der Waals surface area contributed by atoms with Gasteiger partial charge in [0, 0.05) is 18.1 Å². The first-order valence-electron chi connectivity index (χ1n) is 8.73. The van der Waals surface area contributed by atoms with Crippen LogP contribution in [0.25, 0.3) is 11.3 Å². The molecule has 0 saturated heterocycles. The summed E-state index contributed by atoms with van der Waals surface area (Å²) < 4.78 is 22.9. The quantitative estimate of drug-likeness (QED) is 0.627. The Kier molecular flexibility index (Phi) is 6.16. The van der Waals surface area contributed by atoms with Crippen molar-refractivity contribution in [2.24, 2.45) is 0 Å². The van der Waals surface area contributed by atoms with E-state index in [4.69, 9.17) is 9.26 Å². The zero-order chi connectivity index (χ0) is 19.9. The second-order valence-corrected chi connectivity index (χ2v) is 6.28. The van der Waals surface area contributed by atoms with Gasteiger partial charge in [-0.25, -0.2) is 4.39 Å². The van der Waals surface area contributed by atoms with Gasteiger partial charge in [0.05, 0.1) is 0 Å². The fourth-order valence-electron chi connectivity index (χ4n) is 2.48. The summed E-state index contributed by atoms with van der Waals surface area (Å²) in [5, 5.41) is 6.40. The summed E-state index contributed by atoms with van der Waals surface area (Å²) in [6, 6.07) is 15.2. The monoisotopic (exact) mass is 382 g/mol. The van der Waals surface area contributed by atoms with Crippen LogP contribution < -0.4 is 5.32 Å². The molecule has 3 rings (SSSR count). The van der Waals surface area contributed by atoms with Crippen LogP contribution in [0.5, 0.6) is 0 Å². The molecule has 0 unspecified atom stereocenters. The van der Waals surface area contributed by atoms with Gasteiger partial charge in [-0.3, -0.25) is 14.9 Å². The number of aryl methyl sites for hydroxylation is 2. The number of nitrogens with one attached hydrogen (secondary N) is 1. The number of esters is 1. The molecule has 1 N–H and O–H groups in total. The maximum atomic E-state index is 12.8. The second kappa shape index (κ2) is 8.94. The van der Waals surface area contributed by atoms with Crippen LogP contribution in [0.15, 0.2) is 59.1 Å². The minimum atomic E-state index is -0.526. The first-order valence-corrected chi connectivity index (χ1v) is 8.73. The number of amides is 1. The van der Waals surface area contributed by atoms with Crippen molar-refractivity contribution in [2.45, 2.75) is 19.8 Å². The zero-order valence-electron chi connectivity index (χ0n) is 15.3. The summed E-state index contributed by atoms with van der Waals surface area (Å²) in [4.78, 5) is 23.6. The van der Waals surface area contributed by atoms with Crippen molar-refractivity contribution in [2.75, 3.05) is 11.9 Å². The van der Waals surface area contributed by atoms with Crippen molar-refractivity contribution in [3.8, 4) is 11.3 Å². The zero-order valence-corrected chi connectivity index (χ0v) is 15.3. The van der Waals surface area contributed by atoms with Gasteiger partial charge < -0.3 is 9.26 Å². The average Bonchev–Trinajstić information content (AvgIpc) is 3.15. The third-order valence-electron chi connectivity index (χ3n) is 4.02. The van der Waals surface area contributed by atoms with Gasteiger partial charge in [0.25, 0.3) is 5.91 Å². The number of anilines is 1. The molecular weight excluding hydrogens is 363 g/mol. The molecule has 3 aromatic rings. The lowest BCUT2D eigenvalue weighted by Gasteiger charge is -2.04. The molecule has 6 nitrogen and oxygen atoms in total. The molecule has 0 atom stereocenters. The van der Waals surface area contributed by atoms with Crippen molar-refractivity contribution >= 4 is 17.8 Å². The van der Waals surface area contributed by atoms with E-state index in [0.717, 1.165) is 16.7 Å². The van der Waals surface area contributed by atoms with Crippen LogP contribution in [-0.4, -0.2) is 23.6 Å². The standard InChI is InChI=1S/C21H19FN2O4/c1-14-2-7-16(8-3-14)18-12-20(28-24-18)23-19(25)13-27-21(26)11-6-15-4-9-17(22)10-5-15/h2-5,7-10,12H,6,11,13H2,1H3,(H,23,25). The SMILES string of the molecule is Cc1ccc(-c2cc(NC(=O)COC(=O)CCc3ccc(F)cc3)on2)cc1. The second-order valence-electron chi connectivity index (χ2n) is 6.28. The van der Waals surface area contributed by atoms with E-state index >= 15 is 0 Å². The largest absolute Gasteiger partial charge is 0.456 e. The molecule has 0 aliphatic carbocycles. The summed E-state index contributed by atoms with van der Waals surface area (Å²) in [6.07, 6.45) is 0.502. The smallest absolute Gasteiger partial charge is 0.306 e. The first-order chi connectivity index (χ1) is 13.5. The lowest BCUT2D eigenvalue weighted by atomic mass is 10.1. The van der Waals surface area contributed by atoms with Crippen LogP contribution in [0.4, 0.5) is 10.3 Å². The van der Waals surface area contributed by atoms with Crippen LogP contribution in [0.1, 0.15) is 17.5 Å². The van der Waals surface area contributed by atoms with Gasteiger partial charge in [0.1, 0.15) is 11.5 Å². The molecule has 0 saturated carbocycles. The van der Waals surface area contributed by atoms with E-state index in [1.54, 1.807) is 18.2 Å². The van der Waals surface area contributed by atoms with E-state index in [2.05, 4.69) is 10.5 Å². The molecule has 144 valence electrons. The van der Waals surface area contributed by atoms with Crippen molar-refractivity contribution in [3.05, 3.63) is 71.5 Å². The highest BCUT2D eigenvalue weighted by atomic mass is 19.1. The molecule has 0 fully saturated rings. The average molecular weight is 382 g/mol. The van der Waals surface area contributed by atoms with Crippen molar-refractivity contribution in [1.82, 2.24) is 5.16 Å². The Morgan fingerprint density at radius 2 is 1.82 bits per heavy atom. The van der Waals surface area contributed by atoms with Crippen molar-refractivity contribution < 1.29 is 23.2 Å². The molecule has 0 spiro atoms. The van der Waals surface area contributed by atoms with Crippen LogP contribution in [0, 0.1) is 12.7 Å². The number of carbonyl (C=O) groups is 2. The summed E-state index contributed by atoms with van der Waals surface area (Å²) in [5.74, 6) is -1.21. The minimum Gasteiger partial charge on any atom is -0.456 e. The van der Waals surface area contributed by atoms with Gasteiger partial charge in [0.15, 0.2) is 6.61 Å². The molecule has 1 heterocycles. The number of hydrogen-bond acceptors (Lipinski definition) is 5. The molecule has 0 aliphatic rings. The molecule has 0 aliphatic heterocycles. The molecule has 1 amide bonds. The van der Waals surface area contributed by atoms with E-state index in [9.17, 15) is 14.0 Å². The highest BCUT2D eigenvalue weighted by Gasteiger charge is 2.12. The fourth-order valence-corrected chi connectivity index (χ4v) is 2.48. The number of hydrogen-bond donors (Lipinski definition) is 1. The van der Waals surface area contributed by atoms with Gasteiger partial charge in [-0.1, -0.05) is 47.1 Å². The summed E-state index contributed by atoms with van der Waals surface area (Å²) in [6.45, 7) is 1.56. The summed E-state index contributed by atoms with van der Waals surface area (Å²) in [7, 11) is 0. The number of ether oxygens (including phenoxy) is 1. The molecule has 0 bridgehead atoms. The maximum Gasteiger partial charge on any atom is 0.306 e. The van der Waals surface area contributed by atoms with Crippen LogP contribution in [0.2, 0.25) is 0 Å². The van der Waals surface area contributed by atoms with E-state index in [-0.39, 0.29) is 18.1 Å². The van der Waals surface area contributed by atoms with Gasteiger partial charge in [-0.2, -0.15) is 0 Å². The van der Waals surface area contributed by atoms with Crippen molar-refractivity contribution in [1.29, 1.82) is 0 Å². The predicted octanol–water partition coefficient (Wildman–Crippen LogP) is 3.90. The van der Waals surface area contributed by atoms with E-state index in [1.807, 2.05) is 31.2 Å². The van der Waals surface area contributed by atoms with Gasteiger partial charge in [0.2, 0.25) is 5.88 Å². The molecule has 2 aromatic carbocycles. The third kappa shape index (κ3) is 5.51. The van der Waals surface area contributed by atoms with Crippen LogP contribution in [-0.2, 0) is 20.7 Å². The highest BCUT2D eigenvalue weighted by Crippen LogP contribution is 2.22. The summed E-state index contributed by atoms with van der Waals surface area (Å²) in [5.41, 5.74) is 3.39. The predicted molar refractivity (Wildman–Crippen MR) is 101 cm³/mol. The van der Waals surface area contributed by atoms with Crippen molar-refractivity contribution in [3.63, 3.8) is 0 Å². The molecule has 7 heteroatoms. The number of nitrogens with zero attached hydrogens (tertiary/aromatic N) is 1. The number of benzene rings is 2. The lowest BCUT2D eigenvalue weighted by molar-refractivity contribution is -0.147. The molecule has 28 heavy (non-hydrogen) atoms. The van der Waals surface area contributed by atoms with Gasteiger partial charge in [-0.05, 0) is 31.0 Å². The van der Waals surface area contributed by atoms with Gasteiger partial charge >= 0.3 is 5.97 Å². The molecular formula is C21H19FN2O4. The Morgan fingerprint density at radius 3 is 2.54 bits per heavy atom. The number of halogens is 1. The molecule has 0 radical (unpaired) electrons. The Hall–Kier alpha value is -3.48. The summed E-state index contributed by atoms with van der Waals surface area (Å²) >= 11 is 0. The fraction of sp³-hybridized carbons (Fsp3) is 0.190. The Morgan fingerprint density at radius 1 is 1.11 bits per heavy atom. The highest BCUT2D eigenvalue weighted by molar-refractivity contribution is 5.92. The Labute approximate surface area is 161 Å². The van der Waals surface area contributed by atoms with E-state index in [0.29, 0.717) is 12.1 Å².